The molecule has 1 N–H and O–H groups in total. The first-order chi connectivity index (χ1) is 19.1. The minimum atomic E-state index is -0.0708. The Morgan fingerprint density at radius 2 is 1.77 bits per heavy atom. The van der Waals surface area contributed by atoms with Gasteiger partial charge in [0.25, 0.3) is 5.91 Å². The fraction of sp³-hybridized carbons (Fsp3) is 0.364. The third kappa shape index (κ3) is 7.94. The Labute approximate surface area is 233 Å². The van der Waals surface area contributed by atoms with E-state index in [0.717, 1.165) is 54.9 Å². The summed E-state index contributed by atoms with van der Waals surface area (Å²) in [6, 6.07) is 23.7. The number of carbonyl (C=O) groups is 1. The molecular weight excluding hydrogens is 488 g/mol. The van der Waals surface area contributed by atoms with Crippen LogP contribution in [0.15, 0.2) is 85.5 Å². The molecule has 39 heavy (non-hydrogen) atoms. The molecule has 1 unspecified atom stereocenters. The van der Waals surface area contributed by atoms with Crippen LogP contribution in [0.4, 0.5) is 5.69 Å². The van der Waals surface area contributed by atoms with Gasteiger partial charge in [0.1, 0.15) is 11.5 Å². The highest BCUT2D eigenvalue weighted by molar-refractivity contribution is 6.09. The van der Waals surface area contributed by atoms with E-state index < -0.39 is 0 Å². The summed E-state index contributed by atoms with van der Waals surface area (Å²) in [7, 11) is 0. The van der Waals surface area contributed by atoms with Crippen molar-refractivity contribution >= 4 is 11.6 Å². The number of aliphatic hydroxyl groups is 1. The van der Waals surface area contributed by atoms with Gasteiger partial charge >= 0.3 is 0 Å². The summed E-state index contributed by atoms with van der Waals surface area (Å²) in [6.45, 7) is 12.3. The quantitative estimate of drug-likeness (QED) is 0.257. The molecule has 1 amide bonds. The Morgan fingerprint density at radius 3 is 2.46 bits per heavy atom. The third-order valence-corrected chi connectivity index (χ3v) is 6.63. The molecule has 6 nitrogen and oxygen atoms in total. The molecule has 0 radical (unpaired) electrons. The van der Waals surface area contributed by atoms with Crippen LogP contribution in [-0.2, 0) is 0 Å². The first kappa shape index (κ1) is 29.9. The summed E-state index contributed by atoms with van der Waals surface area (Å²) >= 11 is 0. The Hall–Kier alpha value is -3.61. The maximum atomic E-state index is 13.1. The van der Waals surface area contributed by atoms with Crippen LogP contribution in [0.3, 0.4) is 0 Å². The van der Waals surface area contributed by atoms with E-state index in [2.05, 4.69) is 11.5 Å². The van der Waals surface area contributed by atoms with Crippen LogP contribution >= 0.6 is 0 Å². The molecule has 2 aliphatic rings. The molecule has 1 fully saturated rings. The fourth-order valence-electron chi connectivity index (χ4n) is 4.73. The maximum absolute atomic E-state index is 13.1. The number of hydrogen-bond acceptors (Lipinski definition) is 5. The zero-order valence-corrected chi connectivity index (χ0v) is 23.5. The molecular formula is C33H42N2O4. The van der Waals surface area contributed by atoms with E-state index in [1.165, 1.54) is 0 Å². The van der Waals surface area contributed by atoms with Gasteiger partial charge in [-0.25, -0.2) is 0 Å². The van der Waals surface area contributed by atoms with Crippen molar-refractivity contribution in [2.75, 3.05) is 37.9 Å². The van der Waals surface area contributed by atoms with E-state index in [-0.39, 0.29) is 19.2 Å². The summed E-state index contributed by atoms with van der Waals surface area (Å²) in [5, 5.41) is 9.43. The van der Waals surface area contributed by atoms with Crippen molar-refractivity contribution in [2.45, 2.75) is 46.1 Å². The molecule has 0 aromatic heterocycles. The minimum absolute atomic E-state index is 0.0708. The second-order valence-electron chi connectivity index (χ2n) is 9.20. The molecule has 0 spiro atoms. The van der Waals surface area contributed by atoms with Crippen molar-refractivity contribution in [3.63, 3.8) is 0 Å². The molecule has 0 saturated carbocycles. The van der Waals surface area contributed by atoms with Gasteiger partial charge in [0.2, 0.25) is 0 Å². The smallest absolute Gasteiger partial charge is 0.264 e. The van der Waals surface area contributed by atoms with Gasteiger partial charge in [-0.15, -0.1) is 6.58 Å². The molecule has 5 rings (SSSR count). The number of nitrogens with zero attached hydrogens (tertiary/aromatic N) is 2. The predicted molar refractivity (Wildman–Crippen MR) is 160 cm³/mol. The molecule has 0 bridgehead atoms. The van der Waals surface area contributed by atoms with Gasteiger partial charge in [0.15, 0.2) is 6.73 Å². The van der Waals surface area contributed by atoms with Gasteiger partial charge in [0, 0.05) is 18.3 Å². The van der Waals surface area contributed by atoms with Crippen LogP contribution < -0.4 is 14.4 Å². The highest BCUT2D eigenvalue weighted by atomic mass is 16.5. The number of amides is 1. The number of likely N-dealkylation sites (tertiary alicyclic amines) is 1. The zero-order valence-electron chi connectivity index (χ0n) is 23.5. The number of carbonyl (C=O) groups excluding carboxylic acids is 1. The van der Waals surface area contributed by atoms with Crippen molar-refractivity contribution in [2.24, 2.45) is 0 Å². The van der Waals surface area contributed by atoms with E-state index in [4.69, 9.17) is 9.47 Å². The van der Waals surface area contributed by atoms with Crippen LogP contribution in [0.25, 0.3) is 11.1 Å². The first-order valence-electron chi connectivity index (χ1n) is 13.9. The largest absolute Gasteiger partial charge is 0.494 e. The van der Waals surface area contributed by atoms with Crippen molar-refractivity contribution in [1.82, 2.24) is 4.90 Å². The van der Waals surface area contributed by atoms with Gasteiger partial charge in [-0.05, 0) is 80.3 Å². The molecule has 6 heteroatoms. The van der Waals surface area contributed by atoms with E-state index in [1.807, 2.05) is 93.6 Å². The molecule has 3 aromatic carbocycles. The Kier molecular flexibility index (Phi) is 12.1. The van der Waals surface area contributed by atoms with Crippen LogP contribution in [0.2, 0.25) is 0 Å². The van der Waals surface area contributed by atoms with Crippen molar-refractivity contribution in [1.29, 1.82) is 0 Å². The molecule has 2 aliphatic heterocycles. The average molecular weight is 531 g/mol. The van der Waals surface area contributed by atoms with Crippen LogP contribution in [0.5, 0.6) is 11.5 Å². The molecule has 208 valence electrons. The molecule has 1 atom stereocenters. The second kappa shape index (κ2) is 15.7. The van der Waals surface area contributed by atoms with Gasteiger partial charge in [-0.1, -0.05) is 56.3 Å². The van der Waals surface area contributed by atoms with Crippen molar-refractivity contribution in [3.05, 3.63) is 91.0 Å². The van der Waals surface area contributed by atoms with E-state index in [0.29, 0.717) is 24.0 Å². The second-order valence-corrected chi connectivity index (χ2v) is 9.20. The van der Waals surface area contributed by atoms with Crippen molar-refractivity contribution in [3.8, 4) is 22.6 Å². The number of fused-ring (bicyclic) bond motifs is 1. The van der Waals surface area contributed by atoms with Gasteiger partial charge in [-0.3, -0.25) is 14.6 Å². The number of allylic oxidation sites excluding steroid dienone is 1. The topological polar surface area (TPSA) is 62.2 Å². The van der Waals surface area contributed by atoms with Gasteiger partial charge in [0.05, 0.1) is 18.8 Å². The summed E-state index contributed by atoms with van der Waals surface area (Å²) in [5.41, 5.74) is 3.46. The van der Waals surface area contributed by atoms with Crippen LogP contribution in [0, 0.1) is 0 Å². The zero-order chi connectivity index (χ0) is 28.0. The number of hydrogen-bond donors (Lipinski definition) is 1. The lowest BCUT2D eigenvalue weighted by atomic mass is 10.0. The van der Waals surface area contributed by atoms with E-state index in [1.54, 1.807) is 11.0 Å². The lowest BCUT2D eigenvalue weighted by molar-refractivity contribution is 0.0937. The number of anilines is 1. The normalized spacial score (nSPS) is 16.2. The monoisotopic (exact) mass is 530 g/mol. The SMILES string of the molecule is C=CC.CC.O=C1c2ccc(-c3ccccc3)cc2OCN1c1ccc(OCCCN2CCCC2CO)cc1. The highest BCUT2D eigenvalue weighted by Crippen LogP contribution is 2.33. The molecule has 2 heterocycles. The minimum Gasteiger partial charge on any atom is -0.494 e. The Balaban J connectivity index is 0.000000787. The van der Waals surface area contributed by atoms with Crippen molar-refractivity contribution < 1.29 is 19.4 Å². The van der Waals surface area contributed by atoms with E-state index >= 15 is 0 Å². The number of benzene rings is 3. The predicted octanol–water partition coefficient (Wildman–Crippen LogP) is 6.79. The molecule has 0 aliphatic carbocycles. The van der Waals surface area contributed by atoms with Gasteiger partial charge in [-0.2, -0.15) is 0 Å². The molecule has 1 saturated heterocycles. The lowest BCUT2D eigenvalue weighted by Gasteiger charge is -2.29. The fourth-order valence-corrected chi connectivity index (χ4v) is 4.73. The third-order valence-electron chi connectivity index (χ3n) is 6.63. The van der Waals surface area contributed by atoms with E-state index in [9.17, 15) is 9.90 Å². The summed E-state index contributed by atoms with van der Waals surface area (Å²) in [4.78, 5) is 17.1. The molecule has 3 aromatic rings. The van der Waals surface area contributed by atoms with Gasteiger partial charge < -0.3 is 14.6 Å². The Bertz CT molecular complexity index is 1160. The first-order valence-corrected chi connectivity index (χ1v) is 13.9. The average Bonchev–Trinajstić information content (AvgIpc) is 3.45. The highest BCUT2D eigenvalue weighted by Gasteiger charge is 2.27. The lowest BCUT2D eigenvalue weighted by Crippen LogP contribution is -2.38. The van der Waals surface area contributed by atoms with Crippen LogP contribution in [0.1, 0.15) is 50.4 Å². The standard InChI is InChI=1S/C28H30N2O4.C3H6.C2H6/c31-19-24-8-4-15-29(24)16-5-17-33-25-12-10-23(11-13-25)30-20-34-27-18-22(9-14-26(27)28(30)32)21-6-2-1-3-7-21;1-3-2;1-2/h1-3,6-7,9-14,18,24,31H,4-5,8,15-17,19-20H2;3H,1H2,2H3;1-2H3. The number of ether oxygens (including phenoxy) is 2. The number of rotatable bonds is 8. The summed E-state index contributed by atoms with van der Waals surface area (Å²) in [6.07, 6.45) is 4.90. The number of aliphatic hydroxyl groups excluding tert-OH is 1. The summed E-state index contributed by atoms with van der Waals surface area (Å²) < 4.78 is 11.8. The maximum Gasteiger partial charge on any atom is 0.264 e. The Morgan fingerprint density at radius 1 is 1.05 bits per heavy atom. The van der Waals surface area contributed by atoms with Crippen LogP contribution in [-0.4, -0.2) is 55.0 Å². The summed E-state index contributed by atoms with van der Waals surface area (Å²) in [5.74, 6) is 1.32.